The summed E-state index contributed by atoms with van der Waals surface area (Å²) in [4.78, 5) is 27.1. The molecule has 1 aliphatic heterocycles. The first-order valence-electron chi connectivity index (χ1n) is 10.5. The van der Waals surface area contributed by atoms with Crippen molar-refractivity contribution in [2.45, 2.75) is 45.7 Å². The van der Waals surface area contributed by atoms with Crippen molar-refractivity contribution >= 4 is 11.8 Å². The summed E-state index contributed by atoms with van der Waals surface area (Å²) in [6.07, 6.45) is 2.86. The number of amides is 2. The van der Waals surface area contributed by atoms with E-state index in [0.29, 0.717) is 39.0 Å². The Balaban J connectivity index is 1.55. The zero-order valence-electron chi connectivity index (χ0n) is 17.2. The van der Waals surface area contributed by atoms with Gasteiger partial charge in [-0.3, -0.25) is 14.5 Å². The van der Waals surface area contributed by atoms with Crippen molar-refractivity contribution < 1.29 is 14.0 Å². The van der Waals surface area contributed by atoms with Gasteiger partial charge in [0.2, 0.25) is 11.8 Å². The van der Waals surface area contributed by atoms with Crippen molar-refractivity contribution in [3.8, 4) is 0 Å². The van der Waals surface area contributed by atoms with Gasteiger partial charge in [-0.05, 0) is 50.4 Å². The van der Waals surface area contributed by atoms with Crippen LogP contribution in [-0.2, 0) is 22.7 Å². The van der Waals surface area contributed by atoms with Crippen molar-refractivity contribution in [1.82, 2.24) is 15.5 Å². The summed E-state index contributed by atoms with van der Waals surface area (Å²) in [5.74, 6) is 1.82. The predicted molar refractivity (Wildman–Crippen MR) is 112 cm³/mol. The third-order valence-electron chi connectivity index (χ3n) is 5.35. The molecule has 1 saturated heterocycles. The average molecular weight is 398 g/mol. The Hall–Kier alpha value is -2.60. The van der Waals surface area contributed by atoms with E-state index in [1.165, 1.54) is 0 Å². The molecule has 2 aromatic rings. The normalized spacial score (nSPS) is 19.2. The standard InChI is InChI=1S/C23H31N3O3/c1-18-9-10-21(29-18)17-26-14-5-8-20(11-13-24-22(27)12-15-26)23(28)25-16-19-6-3-2-4-7-19/h2-4,6-7,9-10,20H,5,8,11-17H2,1H3,(H,24,27)(H,25,28). The molecule has 1 aromatic heterocycles. The fourth-order valence-corrected chi connectivity index (χ4v) is 3.69. The molecule has 1 fully saturated rings. The highest BCUT2D eigenvalue weighted by atomic mass is 16.3. The maximum absolute atomic E-state index is 12.7. The third kappa shape index (κ3) is 7.06. The minimum absolute atomic E-state index is 0.0379. The van der Waals surface area contributed by atoms with Crippen LogP contribution in [0.15, 0.2) is 46.9 Å². The van der Waals surface area contributed by atoms with Crippen molar-refractivity contribution in [3.05, 3.63) is 59.5 Å². The van der Waals surface area contributed by atoms with E-state index in [9.17, 15) is 9.59 Å². The molecule has 2 amide bonds. The maximum Gasteiger partial charge on any atom is 0.223 e. The Bertz CT molecular complexity index is 788. The van der Waals surface area contributed by atoms with Crippen LogP contribution in [0.5, 0.6) is 0 Å². The fourth-order valence-electron chi connectivity index (χ4n) is 3.69. The second-order valence-corrected chi connectivity index (χ2v) is 7.72. The number of benzene rings is 1. The Morgan fingerprint density at radius 1 is 1.17 bits per heavy atom. The summed E-state index contributed by atoms with van der Waals surface area (Å²) in [7, 11) is 0. The molecule has 156 valence electrons. The summed E-state index contributed by atoms with van der Waals surface area (Å²) in [6.45, 7) is 5.23. The first-order valence-corrected chi connectivity index (χ1v) is 10.5. The lowest BCUT2D eigenvalue weighted by molar-refractivity contribution is -0.126. The Labute approximate surface area is 172 Å². The number of nitrogens with zero attached hydrogens (tertiary/aromatic N) is 1. The van der Waals surface area contributed by atoms with E-state index in [1.807, 2.05) is 49.4 Å². The van der Waals surface area contributed by atoms with E-state index < -0.39 is 0 Å². The van der Waals surface area contributed by atoms with E-state index in [2.05, 4.69) is 15.5 Å². The molecule has 29 heavy (non-hydrogen) atoms. The second-order valence-electron chi connectivity index (χ2n) is 7.72. The minimum atomic E-state index is -0.0928. The van der Waals surface area contributed by atoms with Crippen LogP contribution in [0.2, 0.25) is 0 Å². The highest BCUT2D eigenvalue weighted by molar-refractivity contribution is 5.79. The van der Waals surface area contributed by atoms with Gasteiger partial charge in [-0.25, -0.2) is 0 Å². The molecule has 0 radical (unpaired) electrons. The Kier molecular flexibility index (Phi) is 7.87. The number of carbonyl (C=O) groups is 2. The van der Waals surface area contributed by atoms with Crippen molar-refractivity contribution in [2.75, 3.05) is 19.6 Å². The zero-order valence-corrected chi connectivity index (χ0v) is 17.2. The molecule has 0 saturated carbocycles. The summed E-state index contributed by atoms with van der Waals surface area (Å²) >= 11 is 0. The molecule has 1 unspecified atom stereocenters. The van der Waals surface area contributed by atoms with Gasteiger partial charge in [0.25, 0.3) is 0 Å². The summed E-state index contributed by atoms with van der Waals surface area (Å²) < 4.78 is 5.69. The topological polar surface area (TPSA) is 74.6 Å². The molecule has 0 aliphatic carbocycles. The van der Waals surface area contributed by atoms with Gasteiger partial charge in [-0.2, -0.15) is 0 Å². The zero-order chi connectivity index (χ0) is 20.5. The van der Waals surface area contributed by atoms with Crippen LogP contribution < -0.4 is 10.6 Å². The van der Waals surface area contributed by atoms with Crippen molar-refractivity contribution in [3.63, 3.8) is 0 Å². The number of nitrogens with one attached hydrogen (secondary N) is 2. The van der Waals surface area contributed by atoms with Crippen LogP contribution in [0.3, 0.4) is 0 Å². The summed E-state index contributed by atoms with van der Waals surface area (Å²) in [6, 6.07) is 13.9. The lowest BCUT2D eigenvalue weighted by atomic mass is 9.98. The monoisotopic (exact) mass is 397 g/mol. The molecule has 1 aromatic carbocycles. The minimum Gasteiger partial charge on any atom is -0.465 e. The third-order valence-corrected chi connectivity index (χ3v) is 5.35. The SMILES string of the molecule is Cc1ccc(CN2CCCC(C(=O)NCc3ccccc3)CCNC(=O)CC2)o1. The molecular weight excluding hydrogens is 366 g/mol. The molecule has 6 nitrogen and oxygen atoms in total. The lowest BCUT2D eigenvalue weighted by Crippen LogP contribution is -2.33. The highest BCUT2D eigenvalue weighted by Crippen LogP contribution is 2.16. The number of carbonyl (C=O) groups excluding carboxylic acids is 2. The van der Waals surface area contributed by atoms with Gasteiger partial charge >= 0.3 is 0 Å². The van der Waals surface area contributed by atoms with Crippen LogP contribution in [0.4, 0.5) is 0 Å². The van der Waals surface area contributed by atoms with Crippen molar-refractivity contribution in [1.29, 1.82) is 0 Å². The average Bonchev–Trinajstić information content (AvgIpc) is 3.12. The molecule has 0 bridgehead atoms. The van der Waals surface area contributed by atoms with Gasteiger partial charge in [0, 0.05) is 32.0 Å². The molecular formula is C23H31N3O3. The number of rotatable bonds is 5. The maximum atomic E-state index is 12.7. The van der Waals surface area contributed by atoms with E-state index in [1.54, 1.807) is 0 Å². The highest BCUT2D eigenvalue weighted by Gasteiger charge is 2.20. The summed E-state index contributed by atoms with van der Waals surface area (Å²) in [5, 5.41) is 6.01. The lowest BCUT2D eigenvalue weighted by Gasteiger charge is -2.21. The van der Waals surface area contributed by atoms with Crippen LogP contribution in [0, 0.1) is 12.8 Å². The van der Waals surface area contributed by atoms with Gasteiger partial charge < -0.3 is 15.1 Å². The number of furan rings is 1. The smallest absolute Gasteiger partial charge is 0.223 e. The van der Waals surface area contributed by atoms with Crippen LogP contribution in [0.25, 0.3) is 0 Å². The van der Waals surface area contributed by atoms with E-state index in [0.717, 1.165) is 36.5 Å². The van der Waals surface area contributed by atoms with Crippen LogP contribution >= 0.6 is 0 Å². The van der Waals surface area contributed by atoms with Crippen LogP contribution in [0.1, 0.15) is 42.8 Å². The van der Waals surface area contributed by atoms with Crippen LogP contribution in [-0.4, -0.2) is 36.3 Å². The number of hydrogen-bond donors (Lipinski definition) is 2. The number of aryl methyl sites for hydroxylation is 1. The first kappa shape index (κ1) is 21.1. The Morgan fingerprint density at radius 3 is 2.76 bits per heavy atom. The van der Waals surface area contributed by atoms with E-state index >= 15 is 0 Å². The van der Waals surface area contributed by atoms with E-state index in [-0.39, 0.29) is 17.7 Å². The molecule has 1 aliphatic rings. The van der Waals surface area contributed by atoms with Crippen molar-refractivity contribution in [2.24, 2.45) is 5.92 Å². The summed E-state index contributed by atoms with van der Waals surface area (Å²) in [5.41, 5.74) is 1.09. The van der Waals surface area contributed by atoms with Gasteiger partial charge in [0.05, 0.1) is 6.54 Å². The van der Waals surface area contributed by atoms with Gasteiger partial charge in [-0.15, -0.1) is 0 Å². The molecule has 2 N–H and O–H groups in total. The van der Waals surface area contributed by atoms with Gasteiger partial charge in [0.1, 0.15) is 11.5 Å². The Morgan fingerprint density at radius 2 is 2.00 bits per heavy atom. The predicted octanol–water partition coefficient (Wildman–Crippen LogP) is 3.01. The quantitative estimate of drug-likeness (QED) is 0.813. The largest absolute Gasteiger partial charge is 0.465 e. The number of hydrogen-bond acceptors (Lipinski definition) is 4. The molecule has 0 spiro atoms. The van der Waals surface area contributed by atoms with E-state index in [4.69, 9.17) is 4.42 Å². The van der Waals surface area contributed by atoms with Gasteiger partial charge in [-0.1, -0.05) is 30.3 Å². The molecule has 6 heteroatoms. The molecule has 1 atom stereocenters. The fraction of sp³-hybridized carbons (Fsp3) is 0.478. The first-order chi connectivity index (χ1) is 14.1. The molecule has 3 rings (SSSR count). The second kappa shape index (κ2) is 10.8. The molecule has 2 heterocycles. The van der Waals surface area contributed by atoms with Gasteiger partial charge in [0.15, 0.2) is 0 Å².